The molecule has 0 N–H and O–H groups in total. The van der Waals surface area contributed by atoms with Gasteiger partial charge in [-0.2, -0.15) is 0 Å². The van der Waals surface area contributed by atoms with Gasteiger partial charge in [0.2, 0.25) is 0 Å². The van der Waals surface area contributed by atoms with Crippen LogP contribution in [0.2, 0.25) is 0 Å². The van der Waals surface area contributed by atoms with Gasteiger partial charge in [-0.1, -0.05) is 39.5 Å². The van der Waals surface area contributed by atoms with E-state index >= 15 is 0 Å². The van der Waals surface area contributed by atoms with Gasteiger partial charge in [0.1, 0.15) is 0 Å². The molecule has 1 aliphatic carbocycles. The molecule has 1 heterocycles. The lowest BCUT2D eigenvalue weighted by Crippen LogP contribution is -2.29. The molecular formula is C13H25N. The summed E-state index contributed by atoms with van der Waals surface area (Å²) in [7, 11) is 2.32. The SMILES string of the molecule is CC(C)C1C[C@H](C2CCCC2)CN1C. The highest BCUT2D eigenvalue weighted by Gasteiger charge is 2.36. The zero-order valence-corrected chi connectivity index (χ0v) is 10.00. The van der Waals surface area contributed by atoms with Crippen molar-refractivity contribution in [1.29, 1.82) is 0 Å². The Hall–Kier alpha value is -0.0400. The van der Waals surface area contributed by atoms with E-state index in [0.717, 1.165) is 23.8 Å². The van der Waals surface area contributed by atoms with Crippen LogP contribution in [0.3, 0.4) is 0 Å². The van der Waals surface area contributed by atoms with Crippen LogP contribution >= 0.6 is 0 Å². The minimum absolute atomic E-state index is 0.839. The maximum absolute atomic E-state index is 2.60. The number of nitrogens with zero attached hydrogens (tertiary/aromatic N) is 1. The molecule has 1 unspecified atom stereocenters. The standard InChI is InChI=1S/C13H25N/c1-10(2)13-8-12(9-14(13)3)11-6-4-5-7-11/h10-13H,4-9H2,1-3H3/t12-,13?/m0/s1. The fourth-order valence-electron chi connectivity index (χ4n) is 3.62. The zero-order chi connectivity index (χ0) is 10.1. The average molecular weight is 195 g/mol. The molecule has 0 aromatic carbocycles. The van der Waals surface area contributed by atoms with E-state index in [1.807, 2.05) is 0 Å². The predicted octanol–water partition coefficient (Wildman–Crippen LogP) is 3.15. The quantitative estimate of drug-likeness (QED) is 0.654. The van der Waals surface area contributed by atoms with Crippen LogP contribution < -0.4 is 0 Å². The van der Waals surface area contributed by atoms with Gasteiger partial charge in [0, 0.05) is 12.6 Å². The van der Waals surface area contributed by atoms with Crippen molar-refractivity contribution >= 4 is 0 Å². The summed E-state index contributed by atoms with van der Waals surface area (Å²) in [6.45, 7) is 6.11. The first-order chi connectivity index (χ1) is 6.68. The molecule has 2 aliphatic rings. The minimum Gasteiger partial charge on any atom is -0.303 e. The van der Waals surface area contributed by atoms with Crippen LogP contribution in [0.1, 0.15) is 46.0 Å². The van der Waals surface area contributed by atoms with Gasteiger partial charge in [0.25, 0.3) is 0 Å². The van der Waals surface area contributed by atoms with Crippen LogP contribution in [-0.2, 0) is 0 Å². The molecule has 1 saturated carbocycles. The van der Waals surface area contributed by atoms with Gasteiger partial charge in [-0.15, -0.1) is 0 Å². The van der Waals surface area contributed by atoms with Crippen LogP contribution in [0.25, 0.3) is 0 Å². The Morgan fingerprint density at radius 1 is 1.07 bits per heavy atom. The van der Waals surface area contributed by atoms with Gasteiger partial charge < -0.3 is 4.90 Å². The fraction of sp³-hybridized carbons (Fsp3) is 1.00. The minimum atomic E-state index is 0.839. The Kier molecular flexibility index (Phi) is 3.16. The van der Waals surface area contributed by atoms with Crippen molar-refractivity contribution in [2.24, 2.45) is 17.8 Å². The molecule has 0 aromatic heterocycles. The van der Waals surface area contributed by atoms with E-state index in [2.05, 4.69) is 25.8 Å². The van der Waals surface area contributed by atoms with E-state index in [9.17, 15) is 0 Å². The topological polar surface area (TPSA) is 3.24 Å². The molecule has 1 heteroatoms. The second kappa shape index (κ2) is 4.22. The molecule has 82 valence electrons. The third-order valence-corrected chi connectivity index (χ3v) is 4.47. The largest absolute Gasteiger partial charge is 0.303 e. The van der Waals surface area contributed by atoms with E-state index in [1.165, 1.54) is 38.6 Å². The second-order valence-corrected chi connectivity index (χ2v) is 5.79. The summed E-state index contributed by atoms with van der Waals surface area (Å²) < 4.78 is 0. The van der Waals surface area contributed by atoms with E-state index < -0.39 is 0 Å². The first-order valence-corrected chi connectivity index (χ1v) is 6.38. The van der Waals surface area contributed by atoms with Gasteiger partial charge in [0.05, 0.1) is 0 Å². The molecular weight excluding hydrogens is 170 g/mol. The zero-order valence-electron chi connectivity index (χ0n) is 10.00. The molecule has 0 spiro atoms. The van der Waals surface area contributed by atoms with Crippen molar-refractivity contribution < 1.29 is 0 Å². The summed E-state index contributed by atoms with van der Waals surface area (Å²) in [6, 6.07) is 0.862. The molecule has 1 saturated heterocycles. The molecule has 0 radical (unpaired) electrons. The predicted molar refractivity (Wildman–Crippen MR) is 61.3 cm³/mol. The highest BCUT2D eigenvalue weighted by atomic mass is 15.2. The first kappa shape index (κ1) is 10.5. The van der Waals surface area contributed by atoms with Crippen molar-refractivity contribution in [2.45, 2.75) is 52.0 Å². The van der Waals surface area contributed by atoms with Crippen LogP contribution in [0.4, 0.5) is 0 Å². The molecule has 0 bridgehead atoms. The van der Waals surface area contributed by atoms with Gasteiger partial charge in [-0.25, -0.2) is 0 Å². The van der Waals surface area contributed by atoms with Gasteiger partial charge in [-0.05, 0) is 31.2 Å². The molecule has 14 heavy (non-hydrogen) atoms. The Bertz CT molecular complexity index is 182. The molecule has 0 aromatic rings. The van der Waals surface area contributed by atoms with Crippen molar-refractivity contribution in [3.8, 4) is 0 Å². The van der Waals surface area contributed by atoms with Gasteiger partial charge >= 0.3 is 0 Å². The lowest BCUT2D eigenvalue weighted by Gasteiger charge is -2.22. The maximum atomic E-state index is 2.60. The van der Waals surface area contributed by atoms with Crippen molar-refractivity contribution in [2.75, 3.05) is 13.6 Å². The molecule has 1 aliphatic heterocycles. The summed E-state index contributed by atoms with van der Waals surface area (Å²) in [5, 5.41) is 0. The van der Waals surface area contributed by atoms with Gasteiger partial charge in [-0.3, -0.25) is 0 Å². The van der Waals surface area contributed by atoms with Crippen molar-refractivity contribution in [3.05, 3.63) is 0 Å². The van der Waals surface area contributed by atoms with Crippen LogP contribution in [0.5, 0.6) is 0 Å². The summed E-state index contributed by atoms with van der Waals surface area (Å²) in [6.07, 6.45) is 7.50. The fourth-order valence-corrected chi connectivity index (χ4v) is 3.62. The Morgan fingerprint density at radius 3 is 2.21 bits per heavy atom. The number of rotatable bonds is 2. The first-order valence-electron chi connectivity index (χ1n) is 6.38. The summed E-state index contributed by atoms with van der Waals surface area (Å²) in [4.78, 5) is 2.60. The highest BCUT2D eigenvalue weighted by Crippen LogP contribution is 2.39. The smallest absolute Gasteiger partial charge is 0.0118 e. The number of likely N-dealkylation sites (tertiary alicyclic amines) is 1. The average Bonchev–Trinajstić information content (AvgIpc) is 2.70. The Balaban J connectivity index is 1.91. The summed E-state index contributed by atoms with van der Waals surface area (Å²) >= 11 is 0. The second-order valence-electron chi connectivity index (χ2n) is 5.79. The highest BCUT2D eigenvalue weighted by molar-refractivity contribution is 4.89. The lowest BCUT2D eigenvalue weighted by molar-refractivity contribution is 0.248. The molecule has 2 rings (SSSR count). The maximum Gasteiger partial charge on any atom is 0.0118 e. The van der Waals surface area contributed by atoms with Crippen molar-refractivity contribution in [3.63, 3.8) is 0 Å². The number of hydrogen-bond acceptors (Lipinski definition) is 1. The van der Waals surface area contributed by atoms with Crippen LogP contribution in [0.15, 0.2) is 0 Å². The van der Waals surface area contributed by atoms with Crippen molar-refractivity contribution in [1.82, 2.24) is 4.90 Å². The van der Waals surface area contributed by atoms with Crippen LogP contribution in [0, 0.1) is 17.8 Å². The van der Waals surface area contributed by atoms with E-state index in [0.29, 0.717) is 0 Å². The third-order valence-electron chi connectivity index (χ3n) is 4.47. The normalized spacial score (nSPS) is 36.0. The molecule has 2 fully saturated rings. The molecule has 1 nitrogen and oxygen atoms in total. The van der Waals surface area contributed by atoms with Gasteiger partial charge in [0.15, 0.2) is 0 Å². The van der Waals surface area contributed by atoms with E-state index in [-0.39, 0.29) is 0 Å². The third kappa shape index (κ3) is 1.98. The van der Waals surface area contributed by atoms with Crippen LogP contribution in [-0.4, -0.2) is 24.5 Å². The Labute approximate surface area is 88.9 Å². The molecule has 0 amide bonds. The number of hydrogen-bond donors (Lipinski definition) is 0. The summed E-state index contributed by atoms with van der Waals surface area (Å²) in [5.74, 6) is 2.93. The summed E-state index contributed by atoms with van der Waals surface area (Å²) in [5.41, 5.74) is 0. The van der Waals surface area contributed by atoms with E-state index in [1.54, 1.807) is 0 Å². The monoisotopic (exact) mass is 195 g/mol. The Morgan fingerprint density at radius 2 is 1.71 bits per heavy atom. The molecule has 2 atom stereocenters. The lowest BCUT2D eigenvalue weighted by atomic mass is 9.87. The van der Waals surface area contributed by atoms with E-state index in [4.69, 9.17) is 0 Å².